The Morgan fingerprint density at radius 2 is 2.41 bits per heavy atom. The van der Waals surface area contributed by atoms with Crippen molar-refractivity contribution in [1.29, 1.82) is 0 Å². The molecule has 0 unspecified atom stereocenters. The lowest BCUT2D eigenvalue weighted by Crippen LogP contribution is -2.23. The maximum absolute atomic E-state index is 10.3. The highest BCUT2D eigenvalue weighted by molar-refractivity contribution is 5.64. The molecular formula is C12H17N3O2. The molecule has 0 spiro atoms. The Morgan fingerprint density at radius 3 is 3.24 bits per heavy atom. The fourth-order valence-corrected chi connectivity index (χ4v) is 2.01. The molecule has 0 saturated carbocycles. The Morgan fingerprint density at radius 1 is 1.53 bits per heavy atom. The highest BCUT2D eigenvalue weighted by Gasteiger charge is 2.12. The van der Waals surface area contributed by atoms with E-state index in [-0.39, 0.29) is 0 Å². The van der Waals surface area contributed by atoms with Crippen LogP contribution in [-0.4, -0.2) is 25.8 Å². The first kappa shape index (κ1) is 11.7. The topological polar surface area (TPSA) is 76.4 Å². The molecule has 0 atom stereocenters. The zero-order valence-corrected chi connectivity index (χ0v) is 9.66. The highest BCUT2D eigenvalue weighted by Crippen LogP contribution is 2.25. The molecular weight excluding hydrogens is 218 g/mol. The summed E-state index contributed by atoms with van der Waals surface area (Å²) in [4.78, 5) is 10.3. The first-order valence-electron chi connectivity index (χ1n) is 5.75. The van der Waals surface area contributed by atoms with Gasteiger partial charge in [-0.3, -0.25) is 0 Å². The number of carbonyl (C=O) groups is 1. The first-order valence-corrected chi connectivity index (χ1v) is 5.75. The Bertz CT molecular complexity index is 407. The van der Waals surface area contributed by atoms with Gasteiger partial charge in [0.25, 0.3) is 0 Å². The van der Waals surface area contributed by atoms with Gasteiger partial charge in [-0.15, -0.1) is 0 Å². The lowest BCUT2D eigenvalue weighted by atomic mass is 10.1. The number of nitrogens with one attached hydrogen (secondary N) is 2. The Balaban J connectivity index is 1.80. The second kappa shape index (κ2) is 5.54. The van der Waals surface area contributed by atoms with Crippen molar-refractivity contribution in [3.8, 4) is 0 Å². The Kier molecular flexibility index (Phi) is 3.82. The molecule has 1 aromatic rings. The maximum atomic E-state index is 10.3. The number of primary amides is 1. The van der Waals surface area contributed by atoms with Gasteiger partial charge in [-0.05, 0) is 17.5 Å². The number of ether oxygens (including phenoxy) is 1. The molecule has 1 aromatic carbocycles. The predicted molar refractivity (Wildman–Crippen MR) is 65.9 cm³/mol. The number of anilines is 1. The van der Waals surface area contributed by atoms with Gasteiger partial charge in [-0.25, -0.2) is 4.79 Å². The molecule has 0 aromatic heterocycles. The van der Waals surface area contributed by atoms with E-state index in [2.05, 4.69) is 33.6 Å². The SMILES string of the molecule is NC(=O)OCCNCc1cccc2c1NCC2. The average molecular weight is 235 g/mol. The largest absolute Gasteiger partial charge is 0.448 e. The molecule has 5 heteroatoms. The number of carbonyl (C=O) groups excluding carboxylic acids is 1. The van der Waals surface area contributed by atoms with Crippen LogP contribution >= 0.6 is 0 Å². The van der Waals surface area contributed by atoms with E-state index in [1.807, 2.05) is 0 Å². The number of para-hydroxylation sites is 1. The molecule has 5 nitrogen and oxygen atoms in total. The highest BCUT2D eigenvalue weighted by atomic mass is 16.5. The smallest absolute Gasteiger partial charge is 0.404 e. The van der Waals surface area contributed by atoms with Gasteiger partial charge in [0.05, 0.1) is 0 Å². The van der Waals surface area contributed by atoms with Gasteiger partial charge in [0.2, 0.25) is 0 Å². The zero-order valence-electron chi connectivity index (χ0n) is 9.66. The molecule has 4 N–H and O–H groups in total. The maximum Gasteiger partial charge on any atom is 0.404 e. The van der Waals surface area contributed by atoms with Crippen molar-refractivity contribution in [2.45, 2.75) is 13.0 Å². The quantitative estimate of drug-likeness (QED) is 0.661. The van der Waals surface area contributed by atoms with Crippen LogP contribution in [0.4, 0.5) is 10.5 Å². The minimum atomic E-state index is -0.728. The fourth-order valence-electron chi connectivity index (χ4n) is 2.01. The van der Waals surface area contributed by atoms with Gasteiger partial charge in [-0.1, -0.05) is 18.2 Å². The van der Waals surface area contributed by atoms with Crippen LogP contribution < -0.4 is 16.4 Å². The van der Waals surface area contributed by atoms with Crippen molar-refractivity contribution in [2.24, 2.45) is 5.73 Å². The molecule has 0 bridgehead atoms. The van der Waals surface area contributed by atoms with E-state index in [0.29, 0.717) is 13.2 Å². The molecule has 1 aliphatic rings. The van der Waals surface area contributed by atoms with Gasteiger partial charge >= 0.3 is 6.09 Å². The van der Waals surface area contributed by atoms with Crippen LogP contribution in [0.2, 0.25) is 0 Å². The Hall–Kier alpha value is -1.75. The number of hydrogen-bond donors (Lipinski definition) is 3. The number of amides is 1. The molecule has 1 amide bonds. The third-order valence-corrected chi connectivity index (χ3v) is 2.77. The molecule has 0 radical (unpaired) electrons. The normalized spacial score (nSPS) is 12.9. The lowest BCUT2D eigenvalue weighted by molar-refractivity contribution is 0.157. The molecule has 1 aliphatic heterocycles. The summed E-state index contributed by atoms with van der Waals surface area (Å²) in [5.41, 5.74) is 8.73. The minimum absolute atomic E-state index is 0.303. The first-order chi connectivity index (χ1) is 8.27. The van der Waals surface area contributed by atoms with E-state index in [0.717, 1.165) is 19.5 Å². The third-order valence-electron chi connectivity index (χ3n) is 2.77. The number of benzene rings is 1. The number of nitrogens with two attached hydrogens (primary N) is 1. The molecule has 2 rings (SSSR count). The summed E-state index contributed by atoms with van der Waals surface area (Å²) in [5.74, 6) is 0. The van der Waals surface area contributed by atoms with Crippen molar-refractivity contribution in [2.75, 3.05) is 25.0 Å². The van der Waals surface area contributed by atoms with Crippen molar-refractivity contribution in [3.63, 3.8) is 0 Å². The van der Waals surface area contributed by atoms with Crippen LogP contribution in [0.15, 0.2) is 18.2 Å². The summed E-state index contributed by atoms with van der Waals surface area (Å²) in [6, 6.07) is 6.32. The van der Waals surface area contributed by atoms with E-state index in [1.165, 1.54) is 16.8 Å². The number of rotatable bonds is 5. The zero-order chi connectivity index (χ0) is 12.1. The minimum Gasteiger partial charge on any atom is -0.448 e. The molecule has 0 fully saturated rings. The molecule has 0 saturated heterocycles. The average Bonchev–Trinajstić information content (AvgIpc) is 2.77. The summed E-state index contributed by atoms with van der Waals surface area (Å²) >= 11 is 0. The lowest BCUT2D eigenvalue weighted by Gasteiger charge is -2.10. The van der Waals surface area contributed by atoms with Gasteiger partial charge < -0.3 is 21.1 Å². The van der Waals surface area contributed by atoms with Crippen molar-refractivity contribution >= 4 is 11.8 Å². The van der Waals surface area contributed by atoms with E-state index in [1.54, 1.807) is 0 Å². The van der Waals surface area contributed by atoms with E-state index < -0.39 is 6.09 Å². The van der Waals surface area contributed by atoms with Crippen LogP contribution in [0.5, 0.6) is 0 Å². The standard InChI is InChI=1S/C12H17N3O2/c13-12(16)17-7-6-14-8-10-3-1-2-9-4-5-15-11(9)10/h1-3,14-15H,4-8H2,(H2,13,16). The number of hydrogen-bond acceptors (Lipinski definition) is 4. The molecule has 92 valence electrons. The predicted octanol–water partition coefficient (Wildman–Crippen LogP) is 0.839. The second-order valence-corrected chi connectivity index (χ2v) is 3.97. The van der Waals surface area contributed by atoms with Gasteiger partial charge in [0.15, 0.2) is 0 Å². The monoisotopic (exact) mass is 235 g/mol. The van der Waals surface area contributed by atoms with Crippen LogP contribution in [0, 0.1) is 0 Å². The molecule has 17 heavy (non-hydrogen) atoms. The van der Waals surface area contributed by atoms with Crippen molar-refractivity contribution in [1.82, 2.24) is 5.32 Å². The van der Waals surface area contributed by atoms with Gasteiger partial charge in [-0.2, -0.15) is 0 Å². The summed E-state index contributed by atoms with van der Waals surface area (Å²) in [5, 5.41) is 6.60. The van der Waals surface area contributed by atoms with E-state index in [4.69, 9.17) is 5.73 Å². The van der Waals surface area contributed by atoms with E-state index in [9.17, 15) is 4.79 Å². The molecule has 1 heterocycles. The third kappa shape index (κ3) is 3.10. The van der Waals surface area contributed by atoms with Crippen LogP contribution in [0.1, 0.15) is 11.1 Å². The summed E-state index contributed by atoms with van der Waals surface area (Å²) in [7, 11) is 0. The van der Waals surface area contributed by atoms with Crippen LogP contribution in [-0.2, 0) is 17.7 Å². The second-order valence-electron chi connectivity index (χ2n) is 3.97. The summed E-state index contributed by atoms with van der Waals surface area (Å²) < 4.78 is 4.63. The van der Waals surface area contributed by atoms with Crippen LogP contribution in [0.3, 0.4) is 0 Å². The summed E-state index contributed by atoms with van der Waals surface area (Å²) in [6.07, 6.45) is 0.364. The van der Waals surface area contributed by atoms with Crippen molar-refractivity contribution < 1.29 is 9.53 Å². The van der Waals surface area contributed by atoms with E-state index >= 15 is 0 Å². The van der Waals surface area contributed by atoms with Gasteiger partial charge in [0.1, 0.15) is 6.61 Å². The van der Waals surface area contributed by atoms with Gasteiger partial charge in [0, 0.05) is 25.3 Å². The Labute approximate surface area is 100 Å². The fraction of sp³-hybridized carbons (Fsp3) is 0.417. The molecule has 0 aliphatic carbocycles. The van der Waals surface area contributed by atoms with Crippen molar-refractivity contribution in [3.05, 3.63) is 29.3 Å². The van der Waals surface area contributed by atoms with Crippen LogP contribution in [0.25, 0.3) is 0 Å². The summed E-state index contributed by atoms with van der Waals surface area (Å²) in [6.45, 7) is 2.68. The number of fused-ring (bicyclic) bond motifs is 1.